The first-order valence-corrected chi connectivity index (χ1v) is 10.1. The molecule has 0 fully saturated rings. The van der Waals surface area contributed by atoms with E-state index in [9.17, 15) is 9.59 Å². The predicted molar refractivity (Wildman–Crippen MR) is 113 cm³/mol. The van der Waals surface area contributed by atoms with E-state index >= 15 is 0 Å². The van der Waals surface area contributed by atoms with Crippen molar-refractivity contribution in [1.82, 2.24) is 19.3 Å². The van der Waals surface area contributed by atoms with E-state index in [-0.39, 0.29) is 24.5 Å². The van der Waals surface area contributed by atoms with Gasteiger partial charge in [-0.3, -0.25) is 13.9 Å². The first-order valence-electron chi connectivity index (χ1n) is 8.92. The monoisotopic (exact) mass is 406 g/mol. The van der Waals surface area contributed by atoms with Gasteiger partial charge in [0.2, 0.25) is 11.7 Å². The number of thioether (sulfide) groups is 1. The van der Waals surface area contributed by atoms with Crippen LogP contribution >= 0.6 is 11.8 Å². The van der Waals surface area contributed by atoms with Crippen molar-refractivity contribution >= 4 is 22.7 Å². The van der Waals surface area contributed by atoms with E-state index in [2.05, 4.69) is 16.7 Å². The lowest BCUT2D eigenvalue weighted by atomic mass is 10.2. The number of rotatable bonds is 6. The summed E-state index contributed by atoms with van der Waals surface area (Å²) in [7, 11) is 0. The van der Waals surface area contributed by atoms with Crippen LogP contribution in [0.5, 0.6) is 0 Å². The van der Waals surface area contributed by atoms with E-state index in [0.717, 1.165) is 15.0 Å². The van der Waals surface area contributed by atoms with Crippen molar-refractivity contribution in [3.63, 3.8) is 0 Å². The summed E-state index contributed by atoms with van der Waals surface area (Å²) in [5.74, 6) is 0.731. The van der Waals surface area contributed by atoms with Gasteiger partial charge in [0.05, 0.1) is 10.9 Å². The normalized spacial score (nSPS) is 11.1. The molecule has 29 heavy (non-hydrogen) atoms. The standard InChI is InChI=1S/C21H18N4O3S/c1-3-12-24-20(26)16-6-4-5-7-17(16)25(21(24)27)13-18-22-19(23-28-18)14-8-10-15(29-2)11-9-14/h3-11H,1,12-13H2,2H3. The molecule has 0 aliphatic carbocycles. The van der Waals surface area contributed by atoms with Gasteiger partial charge in [-0.25, -0.2) is 4.79 Å². The second-order valence-corrected chi connectivity index (χ2v) is 7.21. The zero-order valence-electron chi connectivity index (χ0n) is 15.7. The average Bonchev–Trinajstić information content (AvgIpc) is 3.23. The number of hydrogen-bond donors (Lipinski definition) is 0. The van der Waals surface area contributed by atoms with Gasteiger partial charge in [0.15, 0.2) is 0 Å². The fourth-order valence-corrected chi connectivity index (χ4v) is 3.53. The van der Waals surface area contributed by atoms with Gasteiger partial charge in [-0.05, 0) is 42.7 Å². The van der Waals surface area contributed by atoms with Gasteiger partial charge in [0.25, 0.3) is 5.56 Å². The van der Waals surface area contributed by atoms with Crippen LogP contribution in [0.4, 0.5) is 0 Å². The van der Waals surface area contributed by atoms with Crippen molar-refractivity contribution in [3.8, 4) is 11.4 Å². The quantitative estimate of drug-likeness (QED) is 0.361. The smallest absolute Gasteiger partial charge is 0.332 e. The van der Waals surface area contributed by atoms with E-state index in [1.165, 1.54) is 10.6 Å². The molecule has 0 saturated heterocycles. The minimum Gasteiger partial charge on any atom is -0.337 e. The number of allylic oxidation sites excluding steroid dienone is 1. The highest BCUT2D eigenvalue weighted by molar-refractivity contribution is 7.98. The molecule has 2 heterocycles. The minimum atomic E-state index is -0.447. The maximum atomic E-state index is 12.9. The van der Waals surface area contributed by atoms with E-state index < -0.39 is 5.69 Å². The summed E-state index contributed by atoms with van der Waals surface area (Å²) >= 11 is 1.65. The zero-order chi connectivity index (χ0) is 20.4. The number of hydrogen-bond acceptors (Lipinski definition) is 6. The molecular weight excluding hydrogens is 388 g/mol. The van der Waals surface area contributed by atoms with Crippen LogP contribution in [0, 0.1) is 0 Å². The molecule has 4 rings (SSSR count). The average molecular weight is 406 g/mol. The van der Waals surface area contributed by atoms with Gasteiger partial charge < -0.3 is 4.52 Å². The van der Waals surface area contributed by atoms with Crippen LogP contribution in [0.3, 0.4) is 0 Å². The molecule has 2 aromatic heterocycles. The third kappa shape index (κ3) is 3.54. The first kappa shape index (κ1) is 18.9. The number of fused-ring (bicyclic) bond motifs is 1. The van der Waals surface area contributed by atoms with Gasteiger partial charge in [-0.2, -0.15) is 4.98 Å². The number of aromatic nitrogens is 4. The Labute approximate surface area is 170 Å². The van der Waals surface area contributed by atoms with Gasteiger partial charge in [0, 0.05) is 17.0 Å². The summed E-state index contributed by atoms with van der Waals surface area (Å²) in [5.41, 5.74) is 0.554. The van der Waals surface area contributed by atoms with Crippen LogP contribution in [-0.4, -0.2) is 25.5 Å². The summed E-state index contributed by atoms with van der Waals surface area (Å²) in [6, 6.07) is 14.8. The van der Waals surface area contributed by atoms with Crippen molar-refractivity contribution in [2.45, 2.75) is 18.0 Å². The lowest BCUT2D eigenvalue weighted by molar-refractivity contribution is 0.369. The van der Waals surface area contributed by atoms with Crippen LogP contribution in [0.25, 0.3) is 22.3 Å². The van der Waals surface area contributed by atoms with Crippen molar-refractivity contribution in [1.29, 1.82) is 0 Å². The van der Waals surface area contributed by atoms with Crippen LogP contribution in [0.2, 0.25) is 0 Å². The Balaban J connectivity index is 1.77. The maximum Gasteiger partial charge on any atom is 0.332 e. The van der Waals surface area contributed by atoms with Gasteiger partial charge in [0.1, 0.15) is 6.54 Å². The number of para-hydroxylation sites is 1. The molecule has 0 aliphatic heterocycles. The lowest BCUT2D eigenvalue weighted by Crippen LogP contribution is -2.40. The summed E-state index contributed by atoms with van der Waals surface area (Å²) in [4.78, 5) is 31.1. The number of nitrogens with zero attached hydrogens (tertiary/aromatic N) is 4. The fourth-order valence-electron chi connectivity index (χ4n) is 3.13. The van der Waals surface area contributed by atoms with E-state index in [4.69, 9.17) is 4.52 Å². The Morgan fingerprint density at radius 1 is 1.10 bits per heavy atom. The third-order valence-corrected chi connectivity index (χ3v) is 5.30. The first-order chi connectivity index (χ1) is 14.1. The molecule has 0 amide bonds. The highest BCUT2D eigenvalue weighted by Crippen LogP contribution is 2.21. The van der Waals surface area contributed by atoms with E-state index in [1.54, 1.807) is 36.0 Å². The van der Waals surface area contributed by atoms with Crippen LogP contribution in [-0.2, 0) is 13.1 Å². The predicted octanol–water partition coefficient (Wildman–Crippen LogP) is 3.17. The van der Waals surface area contributed by atoms with Crippen LogP contribution < -0.4 is 11.2 Å². The van der Waals surface area contributed by atoms with Gasteiger partial charge >= 0.3 is 5.69 Å². The summed E-state index contributed by atoms with van der Waals surface area (Å²) in [6.07, 6.45) is 3.53. The van der Waals surface area contributed by atoms with Gasteiger partial charge in [-0.1, -0.05) is 23.4 Å². The molecule has 0 N–H and O–H groups in total. The summed E-state index contributed by atoms with van der Waals surface area (Å²) in [6.45, 7) is 3.82. The molecule has 0 saturated carbocycles. The molecule has 0 unspecified atom stereocenters. The summed E-state index contributed by atoms with van der Waals surface area (Å²) in [5, 5.41) is 4.48. The van der Waals surface area contributed by atoms with Crippen molar-refractivity contribution in [2.75, 3.05) is 6.26 Å². The molecule has 146 valence electrons. The maximum absolute atomic E-state index is 12.9. The Bertz CT molecular complexity index is 1300. The zero-order valence-corrected chi connectivity index (χ0v) is 16.6. The molecule has 8 heteroatoms. The molecule has 0 bridgehead atoms. The SMILES string of the molecule is C=CCn1c(=O)c2ccccc2n(Cc2nc(-c3ccc(SC)cc3)no2)c1=O. The third-order valence-electron chi connectivity index (χ3n) is 4.55. The molecule has 0 radical (unpaired) electrons. The molecule has 7 nitrogen and oxygen atoms in total. The Kier molecular flexibility index (Phi) is 5.18. The van der Waals surface area contributed by atoms with Crippen molar-refractivity contribution < 1.29 is 4.52 Å². The van der Waals surface area contributed by atoms with Crippen molar-refractivity contribution in [3.05, 3.63) is 87.9 Å². The lowest BCUT2D eigenvalue weighted by Gasteiger charge is -2.11. The Hall–Kier alpha value is -3.39. The topological polar surface area (TPSA) is 82.9 Å². The molecule has 2 aromatic carbocycles. The van der Waals surface area contributed by atoms with Gasteiger partial charge in [-0.15, -0.1) is 18.3 Å². The largest absolute Gasteiger partial charge is 0.337 e. The fraction of sp³-hybridized carbons (Fsp3) is 0.143. The number of benzene rings is 2. The Morgan fingerprint density at radius 2 is 1.86 bits per heavy atom. The van der Waals surface area contributed by atoms with Crippen LogP contribution in [0.15, 0.2) is 80.2 Å². The molecule has 0 aliphatic rings. The molecular formula is C21H18N4O3S. The molecule has 0 atom stereocenters. The van der Waals surface area contributed by atoms with Crippen molar-refractivity contribution in [2.24, 2.45) is 0 Å². The summed E-state index contributed by atoms with van der Waals surface area (Å²) < 4.78 is 7.99. The van der Waals surface area contributed by atoms with E-state index in [0.29, 0.717) is 16.7 Å². The highest BCUT2D eigenvalue weighted by atomic mass is 32.2. The second-order valence-electron chi connectivity index (χ2n) is 6.33. The van der Waals surface area contributed by atoms with E-state index in [1.807, 2.05) is 30.5 Å². The Morgan fingerprint density at radius 3 is 2.59 bits per heavy atom. The molecule has 0 spiro atoms. The van der Waals surface area contributed by atoms with Crippen LogP contribution in [0.1, 0.15) is 5.89 Å². The second kappa shape index (κ2) is 7.92. The molecule has 4 aromatic rings. The minimum absolute atomic E-state index is 0.0622. The highest BCUT2D eigenvalue weighted by Gasteiger charge is 2.15.